The molecular formula is C15H20ClN3O3. The van der Waals surface area contributed by atoms with E-state index in [1.165, 1.54) is 0 Å². The molecular weight excluding hydrogens is 306 g/mol. The van der Waals surface area contributed by atoms with Gasteiger partial charge in [0.2, 0.25) is 5.91 Å². The average molecular weight is 326 g/mol. The van der Waals surface area contributed by atoms with E-state index in [0.717, 1.165) is 17.0 Å². The van der Waals surface area contributed by atoms with Gasteiger partial charge in [0.1, 0.15) is 11.5 Å². The van der Waals surface area contributed by atoms with E-state index in [-0.39, 0.29) is 18.3 Å². The summed E-state index contributed by atoms with van der Waals surface area (Å²) in [5, 5.41) is 6.66. The summed E-state index contributed by atoms with van der Waals surface area (Å²) in [5.74, 6) is 1.28. The predicted molar refractivity (Wildman–Crippen MR) is 87.6 cm³/mol. The van der Waals surface area contributed by atoms with Crippen molar-refractivity contribution in [2.24, 2.45) is 0 Å². The van der Waals surface area contributed by atoms with E-state index >= 15 is 0 Å². The lowest BCUT2D eigenvalue weighted by atomic mass is 10.1. The number of amides is 1. The maximum absolute atomic E-state index is 12.0. The van der Waals surface area contributed by atoms with Crippen molar-refractivity contribution < 1.29 is 14.1 Å². The molecule has 0 atom stereocenters. The number of aromatic nitrogens is 1. The minimum Gasteiger partial charge on any atom is -0.497 e. The minimum atomic E-state index is -0.116. The van der Waals surface area contributed by atoms with Crippen LogP contribution in [0.5, 0.6) is 5.75 Å². The number of nitrogens with two attached hydrogens (primary N) is 1. The molecule has 2 rings (SSSR count). The molecule has 6 nitrogen and oxygen atoms in total. The molecule has 0 radical (unpaired) electrons. The van der Waals surface area contributed by atoms with Gasteiger partial charge >= 0.3 is 0 Å². The molecule has 0 aliphatic heterocycles. The number of carbonyl (C=O) groups is 1. The summed E-state index contributed by atoms with van der Waals surface area (Å²) in [4.78, 5) is 12.0. The Hall–Kier alpha value is -2.21. The van der Waals surface area contributed by atoms with Crippen molar-refractivity contribution in [2.75, 3.05) is 18.2 Å². The number of aryl methyl sites for hydroxylation is 2. The smallest absolute Gasteiger partial charge is 0.224 e. The third-order valence-electron chi connectivity index (χ3n) is 3.32. The van der Waals surface area contributed by atoms with Crippen molar-refractivity contribution in [3.8, 4) is 5.75 Å². The highest BCUT2D eigenvalue weighted by atomic mass is 35.5. The van der Waals surface area contributed by atoms with Crippen LogP contribution in [0, 0.1) is 13.8 Å². The molecule has 0 saturated carbocycles. The summed E-state index contributed by atoms with van der Waals surface area (Å²) in [5.41, 5.74) is 8.69. The SMILES string of the molecule is COc1ccc(N)c(NC(=O)CCc2c(C)noc2C)c1.Cl. The first-order valence-corrected chi connectivity index (χ1v) is 6.66. The van der Waals surface area contributed by atoms with Crippen LogP contribution in [0.15, 0.2) is 22.7 Å². The van der Waals surface area contributed by atoms with E-state index < -0.39 is 0 Å². The van der Waals surface area contributed by atoms with Gasteiger partial charge in [-0.3, -0.25) is 4.79 Å². The van der Waals surface area contributed by atoms with Crippen molar-refractivity contribution in [1.29, 1.82) is 0 Å². The third kappa shape index (κ3) is 4.14. The first-order valence-electron chi connectivity index (χ1n) is 6.66. The molecule has 0 aliphatic carbocycles. The minimum absolute atomic E-state index is 0. The number of carbonyl (C=O) groups excluding carboxylic acids is 1. The van der Waals surface area contributed by atoms with Gasteiger partial charge in [-0.15, -0.1) is 12.4 Å². The largest absolute Gasteiger partial charge is 0.497 e. The van der Waals surface area contributed by atoms with Crippen LogP contribution in [-0.2, 0) is 11.2 Å². The molecule has 0 spiro atoms. The van der Waals surface area contributed by atoms with Crippen LogP contribution in [0.2, 0.25) is 0 Å². The van der Waals surface area contributed by atoms with Gasteiger partial charge in [-0.25, -0.2) is 0 Å². The van der Waals surface area contributed by atoms with Crippen molar-refractivity contribution in [3.63, 3.8) is 0 Å². The van der Waals surface area contributed by atoms with Crippen LogP contribution in [0.3, 0.4) is 0 Å². The maximum atomic E-state index is 12.0. The summed E-state index contributed by atoms with van der Waals surface area (Å²) >= 11 is 0. The fourth-order valence-corrected chi connectivity index (χ4v) is 2.08. The molecule has 0 fully saturated rings. The number of benzene rings is 1. The molecule has 1 aromatic heterocycles. The monoisotopic (exact) mass is 325 g/mol. The van der Waals surface area contributed by atoms with Gasteiger partial charge in [-0.05, 0) is 32.4 Å². The Bertz CT molecular complexity index is 636. The highest BCUT2D eigenvalue weighted by Crippen LogP contribution is 2.24. The van der Waals surface area contributed by atoms with Crippen LogP contribution in [0.25, 0.3) is 0 Å². The maximum Gasteiger partial charge on any atom is 0.224 e. The number of methoxy groups -OCH3 is 1. The zero-order valence-corrected chi connectivity index (χ0v) is 13.6. The Morgan fingerprint density at radius 1 is 1.41 bits per heavy atom. The van der Waals surface area contributed by atoms with E-state index in [1.54, 1.807) is 25.3 Å². The average Bonchev–Trinajstić information content (AvgIpc) is 2.78. The molecule has 7 heteroatoms. The first-order chi connectivity index (χ1) is 10.0. The summed E-state index contributed by atoms with van der Waals surface area (Å²) < 4.78 is 10.2. The molecule has 3 N–H and O–H groups in total. The van der Waals surface area contributed by atoms with Crippen LogP contribution < -0.4 is 15.8 Å². The number of halogens is 1. The molecule has 22 heavy (non-hydrogen) atoms. The second kappa shape index (κ2) is 7.70. The zero-order chi connectivity index (χ0) is 15.4. The van der Waals surface area contributed by atoms with Crippen LogP contribution in [0.1, 0.15) is 23.4 Å². The molecule has 0 aliphatic rings. The summed E-state index contributed by atoms with van der Waals surface area (Å²) in [6.07, 6.45) is 0.913. The van der Waals surface area contributed by atoms with Crippen LogP contribution in [0.4, 0.5) is 11.4 Å². The Labute approximate surface area is 135 Å². The molecule has 0 saturated heterocycles. The fourth-order valence-electron chi connectivity index (χ4n) is 2.08. The van der Waals surface area contributed by atoms with Crippen LogP contribution in [-0.4, -0.2) is 18.2 Å². The molecule has 0 unspecified atom stereocenters. The number of hydrogen-bond acceptors (Lipinski definition) is 5. The zero-order valence-electron chi connectivity index (χ0n) is 12.8. The Balaban J connectivity index is 0.00000242. The first kappa shape index (κ1) is 17.8. The topological polar surface area (TPSA) is 90.4 Å². The summed E-state index contributed by atoms with van der Waals surface area (Å²) in [6, 6.07) is 5.14. The van der Waals surface area contributed by atoms with E-state index in [2.05, 4.69) is 10.5 Å². The number of nitrogen functional groups attached to an aromatic ring is 1. The molecule has 120 valence electrons. The highest BCUT2D eigenvalue weighted by Gasteiger charge is 2.12. The highest BCUT2D eigenvalue weighted by molar-refractivity contribution is 5.94. The number of nitrogens with one attached hydrogen (secondary N) is 1. The fraction of sp³-hybridized carbons (Fsp3) is 0.333. The lowest BCUT2D eigenvalue weighted by Gasteiger charge is -2.10. The van der Waals surface area contributed by atoms with Crippen molar-refractivity contribution >= 4 is 29.7 Å². The van der Waals surface area contributed by atoms with Gasteiger partial charge in [0.15, 0.2) is 0 Å². The van der Waals surface area contributed by atoms with Crippen molar-refractivity contribution in [3.05, 3.63) is 35.2 Å². The van der Waals surface area contributed by atoms with Crippen molar-refractivity contribution in [2.45, 2.75) is 26.7 Å². The van der Waals surface area contributed by atoms with Crippen molar-refractivity contribution in [1.82, 2.24) is 5.16 Å². The number of hydrogen-bond donors (Lipinski definition) is 2. The van der Waals surface area contributed by atoms with Gasteiger partial charge in [-0.1, -0.05) is 5.16 Å². The lowest BCUT2D eigenvalue weighted by Crippen LogP contribution is -2.14. The van der Waals surface area contributed by atoms with Gasteiger partial charge in [-0.2, -0.15) is 0 Å². The summed E-state index contributed by atoms with van der Waals surface area (Å²) in [7, 11) is 1.56. The normalized spacial score (nSPS) is 9.95. The molecule has 1 heterocycles. The Kier molecular flexibility index (Phi) is 6.24. The standard InChI is InChI=1S/C15H19N3O3.ClH/c1-9-12(10(2)21-18-9)5-7-15(19)17-14-8-11(20-3)4-6-13(14)16;/h4,6,8H,5,7,16H2,1-3H3,(H,17,19);1H. The second-order valence-corrected chi connectivity index (χ2v) is 4.80. The predicted octanol–water partition coefficient (Wildman–Crippen LogP) is 2.88. The number of ether oxygens (including phenoxy) is 1. The van der Waals surface area contributed by atoms with E-state index in [4.69, 9.17) is 15.0 Å². The van der Waals surface area contributed by atoms with E-state index in [1.807, 2.05) is 13.8 Å². The summed E-state index contributed by atoms with van der Waals surface area (Å²) in [6.45, 7) is 3.71. The van der Waals surface area contributed by atoms with E-state index in [0.29, 0.717) is 30.0 Å². The lowest BCUT2D eigenvalue weighted by molar-refractivity contribution is -0.116. The second-order valence-electron chi connectivity index (χ2n) is 4.80. The number of anilines is 2. The molecule has 2 aromatic rings. The quantitative estimate of drug-likeness (QED) is 0.825. The van der Waals surface area contributed by atoms with E-state index in [9.17, 15) is 4.79 Å². The molecule has 1 amide bonds. The Morgan fingerprint density at radius 2 is 2.14 bits per heavy atom. The Morgan fingerprint density at radius 3 is 2.73 bits per heavy atom. The third-order valence-corrected chi connectivity index (χ3v) is 3.32. The van der Waals surface area contributed by atoms with Gasteiger partial charge < -0.3 is 20.3 Å². The molecule has 1 aromatic carbocycles. The van der Waals surface area contributed by atoms with Gasteiger partial charge in [0.25, 0.3) is 0 Å². The number of nitrogens with zero attached hydrogens (tertiary/aromatic N) is 1. The number of rotatable bonds is 5. The van der Waals surface area contributed by atoms with Gasteiger partial charge in [0.05, 0.1) is 24.2 Å². The molecule has 0 bridgehead atoms. The van der Waals surface area contributed by atoms with Crippen LogP contribution >= 0.6 is 12.4 Å². The van der Waals surface area contributed by atoms with Gasteiger partial charge in [0, 0.05) is 18.1 Å².